The topological polar surface area (TPSA) is 48.0 Å². The van der Waals surface area contributed by atoms with Gasteiger partial charge in [-0.25, -0.2) is 4.79 Å². The molecular weight excluding hydrogens is 370 g/mol. The van der Waals surface area contributed by atoms with Crippen LogP contribution in [0.4, 0.5) is 4.79 Å². The molecule has 0 bridgehead atoms. The number of amides is 1. The van der Waals surface area contributed by atoms with Crippen LogP contribution in [-0.4, -0.2) is 45.0 Å². The van der Waals surface area contributed by atoms with E-state index in [1.807, 2.05) is 19.1 Å². The zero-order valence-corrected chi connectivity index (χ0v) is 18.5. The highest BCUT2D eigenvalue weighted by Crippen LogP contribution is 2.35. The van der Waals surface area contributed by atoms with E-state index in [4.69, 9.17) is 25.5 Å². The van der Waals surface area contributed by atoms with Gasteiger partial charge >= 0.3 is 6.09 Å². The molecular formula is C19H30ClNO4Si. The third-order valence-electron chi connectivity index (χ3n) is 4.02. The van der Waals surface area contributed by atoms with Crippen LogP contribution >= 0.6 is 11.6 Å². The van der Waals surface area contributed by atoms with E-state index in [0.717, 1.165) is 6.42 Å². The van der Waals surface area contributed by atoms with Gasteiger partial charge in [0, 0.05) is 5.02 Å². The summed E-state index contributed by atoms with van der Waals surface area (Å²) < 4.78 is 17.6. The summed E-state index contributed by atoms with van der Waals surface area (Å²) in [6, 6.07) is 7.19. The molecule has 1 heterocycles. The SMILES string of the molecule is C[SiH](C)O[C@@](C)(CC(C)(C)C)N1C[C@@H](COc2cccc(Cl)c2)OC1=O. The second-order valence-electron chi connectivity index (χ2n) is 8.46. The number of rotatable bonds is 7. The van der Waals surface area contributed by atoms with Gasteiger partial charge in [-0.2, -0.15) is 0 Å². The summed E-state index contributed by atoms with van der Waals surface area (Å²) >= 11 is 5.97. The van der Waals surface area contributed by atoms with Crippen LogP contribution in [0.15, 0.2) is 24.3 Å². The van der Waals surface area contributed by atoms with Crippen LogP contribution in [0, 0.1) is 5.41 Å². The van der Waals surface area contributed by atoms with Gasteiger partial charge in [0.05, 0.1) is 6.54 Å². The van der Waals surface area contributed by atoms with Gasteiger partial charge in [-0.1, -0.05) is 38.4 Å². The Labute approximate surface area is 163 Å². The van der Waals surface area contributed by atoms with Crippen molar-refractivity contribution in [2.75, 3.05) is 13.2 Å². The number of benzene rings is 1. The highest BCUT2D eigenvalue weighted by molar-refractivity contribution is 6.48. The number of carbonyl (C=O) groups is 1. The summed E-state index contributed by atoms with van der Waals surface area (Å²) in [5.41, 5.74) is -0.645. The lowest BCUT2D eigenvalue weighted by molar-refractivity contribution is -0.0663. The van der Waals surface area contributed by atoms with Crippen molar-refractivity contribution in [3.63, 3.8) is 0 Å². The molecule has 2 rings (SSSR count). The molecule has 146 valence electrons. The first-order chi connectivity index (χ1) is 12.0. The number of cyclic esters (lactones) is 1. The first-order valence-electron chi connectivity index (χ1n) is 9.03. The number of hydrogen-bond acceptors (Lipinski definition) is 4. The van der Waals surface area contributed by atoms with Crippen LogP contribution in [0.2, 0.25) is 18.1 Å². The minimum absolute atomic E-state index is 0.0215. The van der Waals surface area contributed by atoms with Crippen molar-refractivity contribution in [1.82, 2.24) is 4.90 Å². The van der Waals surface area contributed by atoms with Gasteiger partial charge < -0.3 is 13.9 Å². The van der Waals surface area contributed by atoms with E-state index in [0.29, 0.717) is 17.3 Å². The molecule has 0 radical (unpaired) electrons. The minimum Gasteiger partial charge on any atom is -0.490 e. The van der Waals surface area contributed by atoms with Gasteiger partial charge in [0.25, 0.3) is 0 Å². The molecule has 2 atom stereocenters. The van der Waals surface area contributed by atoms with Crippen molar-refractivity contribution in [2.45, 2.75) is 59.0 Å². The summed E-state index contributed by atoms with van der Waals surface area (Å²) in [6.45, 7) is 13.4. The highest BCUT2D eigenvalue weighted by Gasteiger charge is 2.46. The first-order valence-corrected chi connectivity index (χ1v) is 12.2. The van der Waals surface area contributed by atoms with E-state index in [9.17, 15) is 4.79 Å². The summed E-state index contributed by atoms with van der Waals surface area (Å²) in [5, 5.41) is 0.612. The Morgan fingerprint density at radius 3 is 2.58 bits per heavy atom. The normalized spacial score (nSPS) is 20.2. The van der Waals surface area contributed by atoms with Crippen LogP contribution in [-0.2, 0) is 9.16 Å². The molecule has 5 nitrogen and oxygen atoms in total. The molecule has 1 fully saturated rings. The van der Waals surface area contributed by atoms with Crippen LogP contribution < -0.4 is 4.74 Å². The predicted octanol–water partition coefficient (Wildman–Crippen LogP) is 4.69. The first kappa shape index (κ1) is 21.1. The summed E-state index contributed by atoms with van der Waals surface area (Å²) in [7, 11) is -1.36. The van der Waals surface area contributed by atoms with Crippen molar-refractivity contribution < 1.29 is 18.7 Å². The van der Waals surface area contributed by atoms with Gasteiger partial charge in [0.1, 0.15) is 18.1 Å². The van der Waals surface area contributed by atoms with E-state index >= 15 is 0 Å². The third kappa shape index (κ3) is 5.89. The van der Waals surface area contributed by atoms with Crippen LogP contribution in [0.3, 0.4) is 0 Å². The maximum Gasteiger partial charge on any atom is 0.412 e. The third-order valence-corrected chi connectivity index (χ3v) is 5.24. The zero-order chi connectivity index (χ0) is 19.5. The van der Waals surface area contributed by atoms with E-state index in [2.05, 4.69) is 33.9 Å². The fraction of sp³-hybridized carbons (Fsp3) is 0.632. The molecule has 1 aromatic carbocycles. The molecule has 1 aromatic rings. The molecule has 26 heavy (non-hydrogen) atoms. The second-order valence-corrected chi connectivity index (χ2v) is 11.2. The Balaban J connectivity index is 2.05. The van der Waals surface area contributed by atoms with Crippen LogP contribution in [0.5, 0.6) is 5.75 Å². The van der Waals surface area contributed by atoms with E-state index in [1.54, 1.807) is 17.0 Å². The molecule has 0 spiro atoms. The van der Waals surface area contributed by atoms with Crippen molar-refractivity contribution in [1.29, 1.82) is 0 Å². The van der Waals surface area contributed by atoms with Crippen molar-refractivity contribution in [2.24, 2.45) is 5.41 Å². The summed E-state index contributed by atoms with van der Waals surface area (Å²) in [5.74, 6) is 0.662. The van der Waals surface area contributed by atoms with E-state index in [1.165, 1.54) is 0 Å². The van der Waals surface area contributed by atoms with E-state index in [-0.39, 0.29) is 24.2 Å². The average Bonchev–Trinajstić information content (AvgIpc) is 2.84. The Hall–Kier alpha value is -1.24. The van der Waals surface area contributed by atoms with Gasteiger partial charge in [0.2, 0.25) is 0 Å². The fourth-order valence-electron chi connectivity index (χ4n) is 3.43. The van der Waals surface area contributed by atoms with E-state index < -0.39 is 14.8 Å². The van der Waals surface area contributed by atoms with Crippen molar-refractivity contribution in [3.05, 3.63) is 29.3 Å². The van der Waals surface area contributed by atoms with Gasteiger partial charge in [0.15, 0.2) is 15.1 Å². The Morgan fingerprint density at radius 2 is 2.00 bits per heavy atom. The van der Waals surface area contributed by atoms with Crippen LogP contribution in [0.1, 0.15) is 34.1 Å². The molecule has 1 aliphatic rings. The smallest absolute Gasteiger partial charge is 0.412 e. The number of hydrogen-bond donors (Lipinski definition) is 0. The molecule has 0 aromatic heterocycles. The lowest BCUT2D eigenvalue weighted by Gasteiger charge is -2.42. The van der Waals surface area contributed by atoms with Gasteiger partial charge in [-0.05, 0) is 50.1 Å². The lowest BCUT2D eigenvalue weighted by atomic mass is 9.86. The molecule has 1 amide bonds. The Morgan fingerprint density at radius 1 is 1.31 bits per heavy atom. The molecule has 0 aliphatic carbocycles. The maximum absolute atomic E-state index is 12.5. The Kier molecular flexibility index (Phi) is 6.63. The highest BCUT2D eigenvalue weighted by atomic mass is 35.5. The summed E-state index contributed by atoms with van der Waals surface area (Å²) in [6.07, 6.45) is 0.0617. The molecule has 0 saturated carbocycles. The molecule has 0 N–H and O–H groups in total. The molecule has 1 saturated heterocycles. The fourth-order valence-corrected chi connectivity index (χ4v) is 4.84. The van der Waals surface area contributed by atoms with Crippen molar-refractivity contribution >= 4 is 26.7 Å². The Bertz CT molecular complexity index is 634. The standard InChI is InChI=1S/C19H30ClNO4Si/c1-18(2,3)13-19(4,25-26(5)6)21-11-16(24-17(21)22)12-23-15-9-7-8-14(20)10-15/h7-10,16,26H,11-13H2,1-6H3/t16-,19-/m0/s1. The monoisotopic (exact) mass is 399 g/mol. The maximum atomic E-state index is 12.5. The zero-order valence-electron chi connectivity index (χ0n) is 16.5. The minimum atomic E-state index is -1.36. The average molecular weight is 400 g/mol. The van der Waals surface area contributed by atoms with Crippen molar-refractivity contribution in [3.8, 4) is 5.75 Å². The number of halogens is 1. The number of nitrogens with zero attached hydrogens (tertiary/aromatic N) is 1. The predicted molar refractivity (Wildman–Crippen MR) is 106 cm³/mol. The van der Waals surface area contributed by atoms with Gasteiger partial charge in [-0.3, -0.25) is 4.90 Å². The summed E-state index contributed by atoms with van der Waals surface area (Å²) in [4.78, 5) is 14.2. The second kappa shape index (κ2) is 8.19. The number of ether oxygens (including phenoxy) is 2. The number of carbonyl (C=O) groups excluding carboxylic acids is 1. The van der Waals surface area contributed by atoms with Crippen LogP contribution in [0.25, 0.3) is 0 Å². The molecule has 0 unspecified atom stereocenters. The molecule has 7 heteroatoms. The lowest BCUT2D eigenvalue weighted by Crippen LogP contribution is -2.53. The molecule has 1 aliphatic heterocycles. The largest absolute Gasteiger partial charge is 0.490 e. The quantitative estimate of drug-likeness (QED) is 0.624. The van der Waals surface area contributed by atoms with Gasteiger partial charge in [-0.15, -0.1) is 0 Å².